The van der Waals surface area contributed by atoms with E-state index >= 15 is 0 Å². The van der Waals surface area contributed by atoms with Crippen LogP contribution in [0.1, 0.15) is 22.8 Å². The zero-order valence-corrected chi connectivity index (χ0v) is 12.6. The van der Waals surface area contributed by atoms with Crippen molar-refractivity contribution in [1.82, 2.24) is 5.32 Å². The molecule has 0 saturated carbocycles. The number of rotatable bonds is 5. The molecule has 21 heavy (non-hydrogen) atoms. The first kappa shape index (κ1) is 15.3. The van der Waals surface area contributed by atoms with E-state index < -0.39 is 9.84 Å². The van der Waals surface area contributed by atoms with E-state index in [9.17, 15) is 13.2 Å². The van der Waals surface area contributed by atoms with Crippen LogP contribution in [0.15, 0.2) is 59.5 Å². The number of hydrogen-bond donors (Lipinski definition) is 1. The highest BCUT2D eigenvalue weighted by atomic mass is 32.2. The molecule has 0 saturated heterocycles. The Labute approximate surface area is 124 Å². The molecule has 1 N–H and O–H groups in total. The summed E-state index contributed by atoms with van der Waals surface area (Å²) in [5.41, 5.74) is 1.46. The normalized spacial score (nSPS) is 11.1. The maximum Gasteiger partial charge on any atom is 0.251 e. The lowest BCUT2D eigenvalue weighted by Crippen LogP contribution is -2.22. The van der Waals surface area contributed by atoms with Gasteiger partial charge >= 0.3 is 0 Å². The summed E-state index contributed by atoms with van der Waals surface area (Å²) in [7, 11) is -3.18. The third kappa shape index (κ3) is 3.92. The van der Waals surface area contributed by atoms with E-state index in [1.807, 2.05) is 6.07 Å². The Kier molecular flexibility index (Phi) is 4.75. The molecule has 0 spiro atoms. The Bertz CT molecular complexity index is 707. The van der Waals surface area contributed by atoms with Crippen molar-refractivity contribution in [2.24, 2.45) is 0 Å². The molecule has 2 aromatic carbocycles. The summed E-state index contributed by atoms with van der Waals surface area (Å²) < 4.78 is 23.4. The van der Waals surface area contributed by atoms with Crippen LogP contribution in [0.25, 0.3) is 0 Å². The molecule has 0 radical (unpaired) electrons. The summed E-state index contributed by atoms with van der Waals surface area (Å²) in [5, 5.41) is 2.80. The zero-order chi connectivity index (χ0) is 15.3. The highest BCUT2D eigenvalue weighted by molar-refractivity contribution is 7.91. The first-order chi connectivity index (χ1) is 10.0. The molecule has 0 aliphatic heterocycles. The lowest BCUT2D eigenvalue weighted by molar-refractivity contribution is 0.0951. The lowest BCUT2D eigenvalue weighted by Gasteiger charge is -2.06. The van der Waals surface area contributed by atoms with Crippen molar-refractivity contribution in [3.8, 4) is 0 Å². The van der Waals surface area contributed by atoms with Crippen molar-refractivity contribution in [2.45, 2.75) is 18.4 Å². The summed E-state index contributed by atoms with van der Waals surface area (Å²) in [4.78, 5) is 12.2. The van der Waals surface area contributed by atoms with E-state index in [2.05, 4.69) is 5.32 Å². The maximum atomic E-state index is 11.9. The minimum absolute atomic E-state index is 0.0804. The van der Waals surface area contributed by atoms with Crippen LogP contribution >= 0.6 is 0 Å². The molecule has 0 aliphatic carbocycles. The fourth-order valence-corrected chi connectivity index (χ4v) is 2.74. The minimum Gasteiger partial charge on any atom is -0.348 e. The van der Waals surface area contributed by atoms with Crippen LogP contribution in [-0.4, -0.2) is 20.1 Å². The summed E-state index contributed by atoms with van der Waals surface area (Å²) in [6.07, 6.45) is 0. The third-order valence-electron chi connectivity index (χ3n) is 3.15. The molecule has 0 atom stereocenters. The van der Waals surface area contributed by atoms with Crippen molar-refractivity contribution in [1.29, 1.82) is 0 Å². The SMILES string of the molecule is CCS(=O)(=O)c1ccc(CNC(=O)c2ccccc2)cc1. The number of carbonyl (C=O) groups excluding carboxylic acids is 1. The van der Waals surface area contributed by atoms with Gasteiger partial charge in [0.1, 0.15) is 0 Å². The Morgan fingerprint density at radius 2 is 1.62 bits per heavy atom. The predicted molar refractivity (Wildman–Crippen MR) is 81.8 cm³/mol. The highest BCUT2D eigenvalue weighted by Crippen LogP contribution is 2.12. The van der Waals surface area contributed by atoms with E-state index in [1.165, 1.54) is 0 Å². The molecule has 0 fully saturated rings. The van der Waals surface area contributed by atoms with E-state index in [1.54, 1.807) is 55.5 Å². The smallest absolute Gasteiger partial charge is 0.251 e. The Balaban J connectivity index is 2.00. The summed E-state index contributed by atoms with van der Waals surface area (Å²) in [6, 6.07) is 15.5. The van der Waals surface area contributed by atoms with Crippen LogP contribution in [0.4, 0.5) is 0 Å². The highest BCUT2D eigenvalue weighted by Gasteiger charge is 2.11. The molecule has 0 aromatic heterocycles. The summed E-state index contributed by atoms with van der Waals surface area (Å²) in [5.74, 6) is -0.0715. The molecule has 4 nitrogen and oxygen atoms in total. The molecule has 5 heteroatoms. The van der Waals surface area contributed by atoms with Crippen LogP contribution in [0.3, 0.4) is 0 Å². The Morgan fingerprint density at radius 3 is 2.19 bits per heavy atom. The summed E-state index contributed by atoms with van der Waals surface area (Å²) >= 11 is 0. The molecular weight excluding hydrogens is 286 g/mol. The van der Waals surface area contributed by atoms with Gasteiger partial charge < -0.3 is 5.32 Å². The molecule has 1 amide bonds. The first-order valence-corrected chi connectivity index (χ1v) is 8.33. The quantitative estimate of drug-likeness (QED) is 0.922. The van der Waals surface area contributed by atoms with Crippen LogP contribution in [-0.2, 0) is 16.4 Å². The van der Waals surface area contributed by atoms with Crippen molar-refractivity contribution >= 4 is 15.7 Å². The molecule has 110 valence electrons. The first-order valence-electron chi connectivity index (χ1n) is 6.68. The molecular formula is C16H17NO3S. The molecule has 0 aliphatic rings. The number of sulfone groups is 1. The molecule has 2 rings (SSSR count). The Morgan fingerprint density at radius 1 is 1.00 bits per heavy atom. The van der Waals surface area contributed by atoms with Gasteiger partial charge in [0.05, 0.1) is 10.6 Å². The van der Waals surface area contributed by atoms with Gasteiger partial charge in [-0.25, -0.2) is 8.42 Å². The van der Waals surface area contributed by atoms with Crippen LogP contribution in [0.5, 0.6) is 0 Å². The number of carbonyl (C=O) groups is 1. The number of hydrogen-bond acceptors (Lipinski definition) is 3. The van der Waals surface area contributed by atoms with Gasteiger partial charge in [0, 0.05) is 12.1 Å². The van der Waals surface area contributed by atoms with Gasteiger partial charge in [0.25, 0.3) is 5.91 Å². The average molecular weight is 303 g/mol. The fourth-order valence-electron chi connectivity index (χ4n) is 1.86. The second-order valence-electron chi connectivity index (χ2n) is 4.60. The number of benzene rings is 2. The van der Waals surface area contributed by atoms with Gasteiger partial charge in [-0.2, -0.15) is 0 Å². The van der Waals surface area contributed by atoms with Crippen molar-refractivity contribution in [3.05, 3.63) is 65.7 Å². The largest absolute Gasteiger partial charge is 0.348 e. The van der Waals surface area contributed by atoms with Crippen molar-refractivity contribution < 1.29 is 13.2 Å². The molecule has 0 unspecified atom stereocenters. The van der Waals surface area contributed by atoms with Crippen molar-refractivity contribution in [2.75, 3.05) is 5.75 Å². The topological polar surface area (TPSA) is 63.2 Å². The fraction of sp³-hybridized carbons (Fsp3) is 0.188. The lowest BCUT2D eigenvalue weighted by atomic mass is 10.2. The predicted octanol–water partition coefficient (Wildman–Crippen LogP) is 2.41. The molecule has 0 bridgehead atoms. The van der Waals surface area contributed by atoms with Gasteiger partial charge in [-0.3, -0.25) is 4.79 Å². The third-order valence-corrected chi connectivity index (χ3v) is 4.90. The van der Waals surface area contributed by atoms with Crippen molar-refractivity contribution in [3.63, 3.8) is 0 Å². The second kappa shape index (κ2) is 6.54. The molecule has 0 heterocycles. The van der Waals surface area contributed by atoms with Gasteiger partial charge in [0.2, 0.25) is 0 Å². The van der Waals surface area contributed by atoms with Gasteiger partial charge in [-0.05, 0) is 29.8 Å². The number of nitrogens with one attached hydrogen (secondary N) is 1. The summed E-state index contributed by atoms with van der Waals surface area (Å²) in [6.45, 7) is 1.98. The van der Waals surface area contributed by atoms with E-state index in [0.717, 1.165) is 5.56 Å². The average Bonchev–Trinajstić information content (AvgIpc) is 2.54. The van der Waals surface area contributed by atoms with Gasteiger partial charge in [-0.15, -0.1) is 0 Å². The van der Waals surface area contributed by atoms with Gasteiger partial charge in [-0.1, -0.05) is 37.3 Å². The maximum absolute atomic E-state index is 11.9. The van der Waals surface area contributed by atoms with Crippen LogP contribution in [0.2, 0.25) is 0 Å². The van der Waals surface area contributed by atoms with E-state index in [0.29, 0.717) is 17.0 Å². The Hall–Kier alpha value is -2.14. The standard InChI is InChI=1S/C16H17NO3S/c1-2-21(19,20)15-10-8-13(9-11-15)12-17-16(18)14-6-4-3-5-7-14/h3-11H,2,12H2,1H3,(H,17,18). The van der Waals surface area contributed by atoms with E-state index in [-0.39, 0.29) is 11.7 Å². The number of amides is 1. The molecule has 2 aromatic rings. The zero-order valence-electron chi connectivity index (χ0n) is 11.7. The van der Waals surface area contributed by atoms with Crippen LogP contribution in [0, 0.1) is 0 Å². The van der Waals surface area contributed by atoms with Gasteiger partial charge in [0.15, 0.2) is 9.84 Å². The van der Waals surface area contributed by atoms with E-state index in [4.69, 9.17) is 0 Å². The second-order valence-corrected chi connectivity index (χ2v) is 6.87. The van der Waals surface area contributed by atoms with Crippen LogP contribution < -0.4 is 5.32 Å². The minimum atomic E-state index is -3.18. The monoisotopic (exact) mass is 303 g/mol.